The number of rotatable bonds is 3. The van der Waals surface area contributed by atoms with Crippen LogP contribution >= 0.6 is 11.6 Å². The van der Waals surface area contributed by atoms with Gasteiger partial charge in [0.2, 0.25) is 0 Å². The van der Waals surface area contributed by atoms with Crippen LogP contribution < -0.4 is 0 Å². The summed E-state index contributed by atoms with van der Waals surface area (Å²) in [7, 11) is 0. The fourth-order valence-corrected chi connectivity index (χ4v) is 2.15. The average molecular weight is 327 g/mol. The lowest BCUT2D eigenvalue weighted by Crippen LogP contribution is -1.98. The molecule has 1 N–H and O–H groups in total. The third-order valence-electron chi connectivity index (χ3n) is 3.02. The molecule has 0 atom stereocenters. The summed E-state index contributed by atoms with van der Waals surface area (Å²) in [6, 6.07) is 13.2. The predicted molar refractivity (Wildman–Crippen MR) is 91.9 cm³/mol. The van der Waals surface area contributed by atoms with Gasteiger partial charge in [-0.1, -0.05) is 17.3 Å². The highest BCUT2D eigenvalue weighted by atomic mass is 35.5. The van der Waals surface area contributed by atoms with E-state index in [1.165, 1.54) is 12.6 Å². The lowest BCUT2D eigenvalue weighted by molar-refractivity contribution is 0.321. The second-order valence-electron chi connectivity index (χ2n) is 4.29. The van der Waals surface area contributed by atoms with E-state index >= 15 is 0 Å². The summed E-state index contributed by atoms with van der Waals surface area (Å²) in [6.07, 6.45) is 7.88. The van der Waals surface area contributed by atoms with Gasteiger partial charge in [-0.05, 0) is 30.3 Å². The Morgan fingerprint density at radius 2 is 1.52 bits per heavy atom. The van der Waals surface area contributed by atoms with Crippen LogP contribution in [-0.2, 0) is 0 Å². The Labute approximate surface area is 139 Å². The van der Waals surface area contributed by atoms with Crippen LogP contribution in [0, 0.1) is 0 Å². The van der Waals surface area contributed by atoms with Gasteiger partial charge < -0.3 is 5.21 Å². The highest BCUT2D eigenvalue weighted by molar-refractivity contribution is 6.15. The van der Waals surface area contributed by atoms with Crippen molar-refractivity contribution in [2.45, 2.75) is 0 Å². The van der Waals surface area contributed by atoms with Crippen molar-refractivity contribution in [3.63, 3.8) is 0 Å². The van der Waals surface area contributed by atoms with Gasteiger partial charge in [-0.2, -0.15) is 0 Å². The Morgan fingerprint density at radius 3 is 2.09 bits per heavy atom. The molecule has 0 aliphatic carbocycles. The molecule has 0 aliphatic rings. The Balaban J connectivity index is 0.000000924. The summed E-state index contributed by atoms with van der Waals surface area (Å²) < 4.78 is 0. The SMILES string of the molecule is CCl.ON=Cc1nccc(-c2ccccn2)c1-c1ccccn1. The van der Waals surface area contributed by atoms with Gasteiger partial charge in [0, 0.05) is 36.1 Å². The molecule has 0 spiro atoms. The largest absolute Gasteiger partial charge is 0.411 e. The van der Waals surface area contributed by atoms with Crippen molar-refractivity contribution in [1.82, 2.24) is 15.0 Å². The van der Waals surface area contributed by atoms with Crippen LogP contribution in [0.25, 0.3) is 22.5 Å². The number of alkyl halides is 1. The first-order chi connectivity index (χ1) is 11.4. The van der Waals surface area contributed by atoms with Gasteiger partial charge >= 0.3 is 0 Å². The summed E-state index contributed by atoms with van der Waals surface area (Å²) in [6.45, 7) is 0. The third-order valence-corrected chi connectivity index (χ3v) is 3.02. The Morgan fingerprint density at radius 1 is 0.870 bits per heavy atom. The van der Waals surface area contributed by atoms with Crippen LogP contribution in [0.15, 0.2) is 66.2 Å². The van der Waals surface area contributed by atoms with Gasteiger partial charge in [-0.15, -0.1) is 11.6 Å². The van der Waals surface area contributed by atoms with E-state index in [2.05, 4.69) is 31.7 Å². The molecule has 6 heteroatoms. The summed E-state index contributed by atoms with van der Waals surface area (Å²) in [4.78, 5) is 13.0. The molecule has 3 heterocycles. The molecule has 3 rings (SSSR count). The molecule has 5 nitrogen and oxygen atoms in total. The van der Waals surface area contributed by atoms with Crippen molar-refractivity contribution >= 4 is 17.8 Å². The van der Waals surface area contributed by atoms with Crippen molar-refractivity contribution in [3.8, 4) is 22.5 Å². The van der Waals surface area contributed by atoms with E-state index in [4.69, 9.17) is 5.21 Å². The first-order valence-electron chi connectivity index (χ1n) is 6.77. The fourth-order valence-electron chi connectivity index (χ4n) is 2.15. The molecule has 0 saturated carbocycles. The number of aromatic nitrogens is 3. The highest BCUT2D eigenvalue weighted by Crippen LogP contribution is 2.30. The first kappa shape index (κ1) is 16.6. The smallest absolute Gasteiger partial charge is 0.0946 e. The zero-order chi connectivity index (χ0) is 16.5. The number of oxime groups is 1. The van der Waals surface area contributed by atoms with E-state index in [0.717, 1.165) is 22.5 Å². The maximum Gasteiger partial charge on any atom is 0.0946 e. The molecule has 0 radical (unpaired) electrons. The van der Waals surface area contributed by atoms with Crippen molar-refractivity contribution < 1.29 is 5.21 Å². The van der Waals surface area contributed by atoms with Crippen LogP contribution in [-0.4, -0.2) is 32.8 Å². The van der Waals surface area contributed by atoms with Gasteiger partial charge in [0.1, 0.15) is 0 Å². The molecule has 116 valence electrons. The van der Waals surface area contributed by atoms with Crippen LogP contribution in [0.2, 0.25) is 0 Å². The van der Waals surface area contributed by atoms with E-state index in [9.17, 15) is 0 Å². The van der Waals surface area contributed by atoms with Gasteiger partial charge in [-0.25, -0.2) is 0 Å². The predicted octanol–water partition coefficient (Wildman–Crippen LogP) is 3.87. The summed E-state index contributed by atoms with van der Waals surface area (Å²) in [5.41, 5.74) is 3.78. The van der Waals surface area contributed by atoms with Gasteiger partial charge in [0.25, 0.3) is 0 Å². The lowest BCUT2D eigenvalue weighted by Gasteiger charge is -2.10. The normalized spacial score (nSPS) is 10.2. The zero-order valence-corrected chi connectivity index (χ0v) is 13.2. The maximum atomic E-state index is 8.85. The summed E-state index contributed by atoms with van der Waals surface area (Å²) in [5.74, 6) is 0. The Hall–Kier alpha value is -2.79. The van der Waals surface area contributed by atoms with Crippen molar-refractivity contribution in [3.05, 3.63) is 66.7 Å². The number of hydrogen-bond acceptors (Lipinski definition) is 5. The monoisotopic (exact) mass is 326 g/mol. The second-order valence-corrected chi connectivity index (χ2v) is 4.29. The maximum absolute atomic E-state index is 8.85. The topological polar surface area (TPSA) is 71.3 Å². The van der Waals surface area contributed by atoms with Gasteiger partial charge in [-0.3, -0.25) is 15.0 Å². The molecule has 0 saturated heterocycles. The Bertz CT molecular complexity index is 764. The molecular weight excluding hydrogens is 312 g/mol. The average Bonchev–Trinajstić information content (AvgIpc) is 2.65. The van der Waals surface area contributed by atoms with E-state index in [0.29, 0.717) is 5.69 Å². The lowest BCUT2D eigenvalue weighted by atomic mass is 10.00. The van der Waals surface area contributed by atoms with Crippen molar-refractivity contribution in [2.24, 2.45) is 5.16 Å². The van der Waals surface area contributed by atoms with Crippen LogP contribution in [0.3, 0.4) is 0 Å². The molecule has 0 amide bonds. The zero-order valence-electron chi connectivity index (χ0n) is 12.5. The number of pyridine rings is 3. The fraction of sp³-hybridized carbons (Fsp3) is 0.0588. The van der Waals surface area contributed by atoms with Crippen LogP contribution in [0.1, 0.15) is 5.69 Å². The number of nitrogens with zero attached hydrogens (tertiary/aromatic N) is 4. The molecule has 23 heavy (non-hydrogen) atoms. The third kappa shape index (κ3) is 3.90. The van der Waals surface area contributed by atoms with Crippen LogP contribution in [0.4, 0.5) is 0 Å². The van der Waals surface area contributed by atoms with Gasteiger partial charge in [0.15, 0.2) is 0 Å². The molecule has 0 unspecified atom stereocenters. The van der Waals surface area contributed by atoms with E-state index in [1.54, 1.807) is 18.6 Å². The molecule has 0 aromatic carbocycles. The molecule has 0 aliphatic heterocycles. The standard InChI is InChI=1S/C16H12N4O.CH3Cl/c21-20-11-15-16(14-6-2-4-9-18-14)12(7-10-19-15)13-5-1-3-8-17-13;1-2/h1-11,21H;1H3. The van der Waals surface area contributed by atoms with Crippen molar-refractivity contribution in [2.75, 3.05) is 6.38 Å². The second kappa shape index (κ2) is 8.60. The molecule has 3 aromatic heterocycles. The minimum Gasteiger partial charge on any atom is -0.411 e. The highest BCUT2D eigenvalue weighted by Gasteiger charge is 2.14. The quantitative estimate of drug-likeness (QED) is 0.343. The molecule has 0 bridgehead atoms. The van der Waals surface area contributed by atoms with Crippen molar-refractivity contribution in [1.29, 1.82) is 0 Å². The van der Waals surface area contributed by atoms with Crippen LogP contribution in [0.5, 0.6) is 0 Å². The number of halogens is 1. The molecule has 3 aromatic rings. The summed E-state index contributed by atoms with van der Waals surface area (Å²) in [5, 5.41) is 11.9. The minimum atomic E-state index is 0.541. The number of hydrogen-bond donors (Lipinski definition) is 1. The van der Waals surface area contributed by atoms with E-state index < -0.39 is 0 Å². The Kier molecular flexibility index (Phi) is 6.20. The van der Waals surface area contributed by atoms with E-state index in [1.807, 2.05) is 42.5 Å². The molecule has 0 fully saturated rings. The van der Waals surface area contributed by atoms with E-state index in [-0.39, 0.29) is 0 Å². The summed E-state index contributed by atoms with van der Waals surface area (Å²) >= 11 is 4.64. The first-order valence-corrected chi connectivity index (χ1v) is 7.53. The van der Waals surface area contributed by atoms with Gasteiger partial charge in [0.05, 0.1) is 23.3 Å². The molecular formula is C17H15ClN4O. The minimum absolute atomic E-state index is 0.541.